The summed E-state index contributed by atoms with van der Waals surface area (Å²) in [5.74, 6) is 0.179. The molecule has 0 spiro atoms. The monoisotopic (exact) mass is 259 g/mol. The summed E-state index contributed by atoms with van der Waals surface area (Å²) in [6.45, 7) is 1.85. The quantitative estimate of drug-likeness (QED) is 0.775. The molecule has 0 aliphatic rings. The van der Waals surface area contributed by atoms with Gasteiger partial charge >= 0.3 is 0 Å². The summed E-state index contributed by atoms with van der Waals surface area (Å²) in [6.07, 6.45) is 0.453. The number of phenols is 1. The predicted molar refractivity (Wildman–Crippen MR) is 59.0 cm³/mol. The molecule has 0 aromatic heterocycles. The van der Waals surface area contributed by atoms with E-state index in [1.165, 1.54) is 0 Å². The second-order valence-electron chi connectivity index (χ2n) is 3.56. The van der Waals surface area contributed by atoms with E-state index in [0.29, 0.717) is 6.42 Å². The lowest BCUT2D eigenvalue weighted by Crippen LogP contribution is -2.34. The summed E-state index contributed by atoms with van der Waals surface area (Å²) >= 11 is 3.36. The first kappa shape index (κ1) is 11.5. The fourth-order valence-electron chi connectivity index (χ4n) is 1.32. The fourth-order valence-corrected chi connectivity index (χ4v) is 2.02. The minimum atomic E-state index is -0.633. The van der Waals surface area contributed by atoms with Crippen molar-refractivity contribution in [1.82, 2.24) is 0 Å². The van der Waals surface area contributed by atoms with E-state index < -0.39 is 5.54 Å². The van der Waals surface area contributed by atoms with E-state index in [0.717, 1.165) is 10.0 Å². The van der Waals surface area contributed by atoms with Crippen molar-refractivity contribution in [1.29, 1.82) is 0 Å². The largest absolute Gasteiger partial charge is 0.508 e. The highest BCUT2D eigenvalue weighted by Gasteiger charge is 2.23. The van der Waals surface area contributed by atoms with E-state index in [9.17, 15) is 5.11 Å². The Hall–Kier alpha value is -0.580. The molecule has 0 radical (unpaired) electrons. The first-order chi connectivity index (χ1) is 6.47. The van der Waals surface area contributed by atoms with E-state index in [4.69, 9.17) is 10.8 Å². The summed E-state index contributed by atoms with van der Waals surface area (Å²) in [5, 5.41) is 18.2. The standard InChI is InChI=1S/C10H14BrNO2/c1-10(12,4-5-13)8-6-7(14)2-3-9(8)11/h2-3,6,13-14H,4-5,12H2,1H3. The molecule has 78 valence electrons. The fraction of sp³-hybridized carbons (Fsp3) is 0.400. The predicted octanol–water partition coefficient (Wildman–Crippen LogP) is 1.71. The van der Waals surface area contributed by atoms with E-state index >= 15 is 0 Å². The van der Waals surface area contributed by atoms with Gasteiger partial charge in [-0.15, -0.1) is 0 Å². The van der Waals surface area contributed by atoms with Crippen molar-refractivity contribution in [3.63, 3.8) is 0 Å². The molecule has 0 saturated heterocycles. The summed E-state index contributed by atoms with van der Waals surface area (Å²) in [4.78, 5) is 0. The van der Waals surface area contributed by atoms with E-state index in [1.807, 2.05) is 6.92 Å². The number of benzene rings is 1. The SMILES string of the molecule is CC(N)(CCO)c1cc(O)ccc1Br. The number of hydrogen-bond acceptors (Lipinski definition) is 3. The molecule has 3 nitrogen and oxygen atoms in total. The molecule has 0 amide bonds. The normalized spacial score (nSPS) is 15.1. The molecule has 0 fully saturated rings. The summed E-state index contributed by atoms with van der Waals surface area (Å²) in [6, 6.07) is 4.94. The van der Waals surface area contributed by atoms with Gasteiger partial charge in [-0.3, -0.25) is 0 Å². The Morgan fingerprint density at radius 2 is 2.14 bits per heavy atom. The lowest BCUT2D eigenvalue weighted by Gasteiger charge is -2.25. The lowest BCUT2D eigenvalue weighted by molar-refractivity contribution is 0.246. The third-order valence-electron chi connectivity index (χ3n) is 2.20. The smallest absolute Gasteiger partial charge is 0.116 e. The number of nitrogens with two attached hydrogens (primary N) is 1. The molecule has 1 rings (SSSR count). The van der Waals surface area contributed by atoms with Crippen molar-refractivity contribution >= 4 is 15.9 Å². The topological polar surface area (TPSA) is 66.5 Å². The average Bonchev–Trinajstić information content (AvgIpc) is 2.09. The number of rotatable bonds is 3. The highest BCUT2D eigenvalue weighted by molar-refractivity contribution is 9.10. The average molecular weight is 260 g/mol. The molecule has 4 heteroatoms. The van der Waals surface area contributed by atoms with Gasteiger partial charge in [-0.25, -0.2) is 0 Å². The molecule has 4 N–H and O–H groups in total. The Morgan fingerprint density at radius 3 is 2.71 bits per heavy atom. The molecule has 1 aromatic carbocycles. The van der Waals surface area contributed by atoms with Crippen molar-refractivity contribution in [2.75, 3.05) is 6.61 Å². The highest BCUT2D eigenvalue weighted by atomic mass is 79.9. The van der Waals surface area contributed by atoms with Gasteiger partial charge in [0.2, 0.25) is 0 Å². The minimum Gasteiger partial charge on any atom is -0.508 e. The highest BCUT2D eigenvalue weighted by Crippen LogP contribution is 2.31. The van der Waals surface area contributed by atoms with Gasteiger partial charge in [-0.2, -0.15) is 0 Å². The van der Waals surface area contributed by atoms with Gasteiger partial charge in [0.05, 0.1) is 0 Å². The van der Waals surface area contributed by atoms with Crippen LogP contribution in [0.5, 0.6) is 5.75 Å². The Kier molecular flexibility index (Phi) is 3.53. The van der Waals surface area contributed by atoms with Gasteiger partial charge in [0.15, 0.2) is 0 Å². The Bertz CT molecular complexity index is 326. The van der Waals surface area contributed by atoms with Crippen LogP contribution in [0.25, 0.3) is 0 Å². The van der Waals surface area contributed by atoms with Crippen LogP contribution in [0.4, 0.5) is 0 Å². The van der Waals surface area contributed by atoms with E-state index in [2.05, 4.69) is 15.9 Å². The van der Waals surface area contributed by atoms with Gasteiger partial charge in [0, 0.05) is 16.6 Å². The number of aliphatic hydroxyl groups is 1. The first-order valence-electron chi connectivity index (χ1n) is 4.36. The van der Waals surface area contributed by atoms with Crippen molar-refractivity contribution in [2.24, 2.45) is 5.73 Å². The van der Waals surface area contributed by atoms with E-state index in [-0.39, 0.29) is 12.4 Å². The number of phenolic OH excluding ortho intramolecular Hbond substituents is 1. The zero-order valence-corrected chi connectivity index (χ0v) is 9.58. The zero-order valence-electron chi connectivity index (χ0n) is 8.00. The van der Waals surface area contributed by atoms with Crippen LogP contribution in [-0.2, 0) is 5.54 Å². The molecule has 1 aromatic rings. The Morgan fingerprint density at radius 1 is 1.50 bits per heavy atom. The van der Waals surface area contributed by atoms with Crippen molar-refractivity contribution in [3.05, 3.63) is 28.2 Å². The Balaban J connectivity index is 3.10. The summed E-state index contributed by atoms with van der Waals surface area (Å²) in [7, 11) is 0. The second kappa shape index (κ2) is 4.29. The minimum absolute atomic E-state index is 0.0229. The number of aliphatic hydroxyl groups excluding tert-OH is 1. The van der Waals surface area contributed by atoms with Crippen LogP contribution in [0, 0.1) is 0 Å². The van der Waals surface area contributed by atoms with Gasteiger partial charge in [0.1, 0.15) is 5.75 Å². The molecule has 0 bridgehead atoms. The second-order valence-corrected chi connectivity index (χ2v) is 4.41. The van der Waals surface area contributed by atoms with Gasteiger partial charge in [-0.1, -0.05) is 15.9 Å². The molecule has 14 heavy (non-hydrogen) atoms. The molecule has 0 aliphatic carbocycles. The van der Waals surface area contributed by atoms with Gasteiger partial charge in [-0.05, 0) is 37.1 Å². The number of hydrogen-bond donors (Lipinski definition) is 3. The van der Waals surface area contributed by atoms with Crippen LogP contribution in [0.1, 0.15) is 18.9 Å². The van der Waals surface area contributed by atoms with Crippen molar-refractivity contribution < 1.29 is 10.2 Å². The molecule has 0 aliphatic heterocycles. The maximum absolute atomic E-state index is 9.33. The van der Waals surface area contributed by atoms with E-state index in [1.54, 1.807) is 18.2 Å². The van der Waals surface area contributed by atoms with Crippen LogP contribution in [-0.4, -0.2) is 16.8 Å². The maximum Gasteiger partial charge on any atom is 0.116 e. The number of aromatic hydroxyl groups is 1. The third-order valence-corrected chi connectivity index (χ3v) is 2.89. The summed E-state index contributed by atoms with van der Waals surface area (Å²) < 4.78 is 0.841. The molecule has 0 heterocycles. The van der Waals surface area contributed by atoms with Crippen LogP contribution >= 0.6 is 15.9 Å². The zero-order chi connectivity index (χ0) is 10.8. The van der Waals surface area contributed by atoms with Crippen molar-refractivity contribution in [2.45, 2.75) is 18.9 Å². The van der Waals surface area contributed by atoms with Gasteiger partial charge in [0.25, 0.3) is 0 Å². The van der Waals surface area contributed by atoms with Gasteiger partial charge < -0.3 is 15.9 Å². The van der Waals surface area contributed by atoms with Crippen LogP contribution < -0.4 is 5.73 Å². The van der Waals surface area contributed by atoms with Crippen molar-refractivity contribution in [3.8, 4) is 5.75 Å². The van der Waals surface area contributed by atoms with Crippen LogP contribution in [0.3, 0.4) is 0 Å². The molecular formula is C10H14BrNO2. The lowest BCUT2D eigenvalue weighted by atomic mass is 9.90. The maximum atomic E-state index is 9.33. The molecule has 0 saturated carbocycles. The van der Waals surface area contributed by atoms with Crippen LogP contribution in [0.15, 0.2) is 22.7 Å². The summed E-state index contributed by atoms with van der Waals surface area (Å²) in [5.41, 5.74) is 6.18. The molecule has 1 atom stereocenters. The Labute approximate surface area is 91.7 Å². The third kappa shape index (κ3) is 2.47. The first-order valence-corrected chi connectivity index (χ1v) is 5.15. The molecule has 1 unspecified atom stereocenters. The van der Waals surface area contributed by atoms with Crippen LogP contribution in [0.2, 0.25) is 0 Å². The molecular weight excluding hydrogens is 246 g/mol. The number of halogens is 1.